The highest BCUT2D eigenvalue weighted by atomic mass is 35.5. The summed E-state index contributed by atoms with van der Waals surface area (Å²) in [5.74, 6) is 2.42. The molecule has 2 amide bonds. The molecule has 3 heterocycles. The summed E-state index contributed by atoms with van der Waals surface area (Å²) < 4.78 is 44.7. The number of hydrogen-bond acceptors (Lipinski definition) is 8. The van der Waals surface area contributed by atoms with Gasteiger partial charge < -0.3 is 30.9 Å². The van der Waals surface area contributed by atoms with Gasteiger partial charge in [-0.3, -0.25) is 5.10 Å². The molecule has 4 aromatic rings. The molecule has 0 bridgehead atoms. The molecule has 0 spiro atoms. The molecular formula is C27H27ClF3N9O2. The van der Waals surface area contributed by atoms with Crippen LogP contribution in [-0.4, -0.2) is 52.5 Å². The molecule has 0 aliphatic carbocycles. The molecule has 1 aliphatic heterocycles. The van der Waals surface area contributed by atoms with Crippen molar-refractivity contribution >= 4 is 58.1 Å². The monoisotopic (exact) mass is 601 g/mol. The fraction of sp³-hybridized carbons (Fsp3) is 0.259. The van der Waals surface area contributed by atoms with Gasteiger partial charge in [-0.15, -0.1) is 0 Å². The summed E-state index contributed by atoms with van der Waals surface area (Å²) in [4.78, 5) is 23.6. The van der Waals surface area contributed by atoms with Crippen LogP contribution in [0.4, 0.5) is 58.4 Å². The van der Waals surface area contributed by atoms with E-state index >= 15 is 0 Å². The Balaban J connectivity index is 1.22. The fourth-order valence-corrected chi connectivity index (χ4v) is 4.50. The van der Waals surface area contributed by atoms with Gasteiger partial charge in [0.25, 0.3) is 0 Å². The van der Waals surface area contributed by atoms with E-state index in [1.807, 2.05) is 19.9 Å². The molecule has 2 aromatic heterocycles. The number of aryl methyl sites for hydroxylation is 2. The van der Waals surface area contributed by atoms with E-state index in [1.54, 1.807) is 24.3 Å². The number of carbonyl (C=O) groups excluding carboxylic acids is 1. The average molecular weight is 602 g/mol. The Morgan fingerprint density at radius 1 is 0.976 bits per heavy atom. The molecule has 0 atom stereocenters. The van der Waals surface area contributed by atoms with E-state index in [4.69, 9.17) is 16.3 Å². The summed E-state index contributed by atoms with van der Waals surface area (Å²) in [5, 5.41) is 18.3. The second-order valence-corrected chi connectivity index (χ2v) is 9.92. The molecule has 220 valence electrons. The predicted octanol–water partition coefficient (Wildman–Crippen LogP) is 6.46. The number of hydrogen-bond donors (Lipinski definition) is 5. The SMILES string of the molecule is Cc1cc(Nc2cc(N3CCOCC3)n[nH]2)nc(Nc2ccc(NC(=O)Nc3ccc(Cl)c(C(F)(F)F)c3)cc2C)n1. The van der Waals surface area contributed by atoms with Crippen LogP contribution in [0.25, 0.3) is 0 Å². The van der Waals surface area contributed by atoms with Gasteiger partial charge in [-0.25, -0.2) is 9.78 Å². The smallest absolute Gasteiger partial charge is 0.378 e. The molecule has 42 heavy (non-hydrogen) atoms. The van der Waals surface area contributed by atoms with E-state index in [1.165, 1.54) is 6.07 Å². The van der Waals surface area contributed by atoms with E-state index in [2.05, 4.69) is 46.3 Å². The van der Waals surface area contributed by atoms with Crippen molar-refractivity contribution in [1.82, 2.24) is 20.2 Å². The minimum Gasteiger partial charge on any atom is -0.378 e. The maximum absolute atomic E-state index is 13.1. The Kier molecular flexibility index (Phi) is 8.36. The third-order valence-electron chi connectivity index (χ3n) is 6.28. The topological polar surface area (TPSA) is 132 Å². The molecule has 0 unspecified atom stereocenters. The maximum Gasteiger partial charge on any atom is 0.417 e. The van der Waals surface area contributed by atoms with Crippen LogP contribution in [0, 0.1) is 13.8 Å². The lowest BCUT2D eigenvalue weighted by atomic mass is 10.1. The van der Waals surface area contributed by atoms with Gasteiger partial charge in [0.1, 0.15) is 11.6 Å². The zero-order valence-corrected chi connectivity index (χ0v) is 23.3. The summed E-state index contributed by atoms with van der Waals surface area (Å²) in [6.45, 7) is 6.54. The second-order valence-electron chi connectivity index (χ2n) is 9.51. The number of morpholine rings is 1. The number of nitrogens with zero attached hydrogens (tertiary/aromatic N) is 4. The van der Waals surface area contributed by atoms with E-state index in [-0.39, 0.29) is 5.69 Å². The third-order valence-corrected chi connectivity index (χ3v) is 6.61. The first-order chi connectivity index (χ1) is 20.0. The van der Waals surface area contributed by atoms with E-state index < -0.39 is 22.8 Å². The minimum absolute atomic E-state index is 0.0484. The van der Waals surface area contributed by atoms with Crippen molar-refractivity contribution < 1.29 is 22.7 Å². The number of urea groups is 1. The van der Waals surface area contributed by atoms with Crippen molar-refractivity contribution in [1.29, 1.82) is 0 Å². The van der Waals surface area contributed by atoms with Crippen molar-refractivity contribution in [3.63, 3.8) is 0 Å². The van der Waals surface area contributed by atoms with E-state index in [0.29, 0.717) is 42.2 Å². The summed E-state index contributed by atoms with van der Waals surface area (Å²) in [5.41, 5.74) is 1.54. The lowest BCUT2D eigenvalue weighted by molar-refractivity contribution is -0.137. The lowest BCUT2D eigenvalue weighted by Gasteiger charge is -2.26. The van der Waals surface area contributed by atoms with Gasteiger partial charge in [-0.1, -0.05) is 11.6 Å². The fourth-order valence-electron chi connectivity index (χ4n) is 4.27. The first kappa shape index (κ1) is 29.0. The van der Waals surface area contributed by atoms with Crippen LogP contribution in [0.2, 0.25) is 5.02 Å². The molecule has 0 saturated carbocycles. The largest absolute Gasteiger partial charge is 0.417 e. The molecule has 15 heteroatoms. The first-order valence-electron chi connectivity index (χ1n) is 12.9. The molecule has 5 N–H and O–H groups in total. The summed E-state index contributed by atoms with van der Waals surface area (Å²) in [6, 6.07) is 11.2. The van der Waals surface area contributed by atoms with Crippen LogP contribution >= 0.6 is 11.6 Å². The molecule has 1 saturated heterocycles. The van der Waals surface area contributed by atoms with Crippen molar-refractivity contribution in [2.24, 2.45) is 0 Å². The molecule has 1 fully saturated rings. The second kappa shape index (κ2) is 12.1. The third kappa shape index (κ3) is 7.19. The Bertz CT molecular complexity index is 1590. The number of aromatic amines is 1. The number of aromatic nitrogens is 4. The molecular weight excluding hydrogens is 575 g/mol. The van der Waals surface area contributed by atoms with Crippen LogP contribution < -0.4 is 26.2 Å². The zero-order chi connectivity index (χ0) is 29.9. The summed E-state index contributed by atoms with van der Waals surface area (Å²) >= 11 is 5.64. The van der Waals surface area contributed by atoms with Gasteiger partial charge in [0.15, 0.2) is 5.82 Å². The van der Waals surface area contributed by atoms with Crippen LogP contribution in [-0.2, 0) is 10.9 Å². The van der Waals surface area contributed by atoms with Crippen molar-refractivity contribution in [2.45, 2.75) is 20.0 Å². The maximum atomic E-state index is 13.1. The van der Waals surface area contributed by atoms with Gasteiger partial charge in [0.2, 0.25) is 5.95 Å². The number of alkyl halides is 3. The molecule has 11 nitrogen and oxygen atoms in total. The summed E-state index contributed by atoms with van der Waals surface area (Å²) in [6.07, 6.45) is -4.64. The van der Waals surface area contributed by atoms with Crippen LogP contribution in [0.5, 0.6) is 0 Å². The first-order valence-corrected chi connectivity index (χ1v) is 13.2. The van der Waals surface area contributed by atoms with Gasteiger partial charge >= 0.3 is 12.2 Å². The number of nitrogens with one attached hydrogen (secondary N) is 5. The molecule has 1 aliphatic rings. The van der Waals surface area contributed by atoms with Crippen molar-refractivity contribution in [3.05, 3.63) is 70.4 Å². The van der Waals surface area contributed by atoms with E-state index in [9.17, 15) is 18.0 Å². The number of H-pyrrole nitrogens is 1. The van der Waals surface area contributed by atoms with Crippen LogP contribution in [0.1, 0.15) is 16.8 Å². The highest BCUT2D eigenvalue weighted by Gasteiger charge is 2.33. The summed E-state index contributed by atoms with van der Waals surface area (Å²) in [7, 11) is 0. The van der Waals surface area contributed by atoms with E-state index in [0.717, 1.165) is 42.3 Å². The lowest BCUT2D eigenvalue weighted by Crippen LogP contribution is -2.36. The van der Waals surface area contributed by atoms with Gasteiger partial charge in [-0.05, 0) is 55.8 Å². The average Bonchev–Trinajstić information content (AvgIpc) is 3.39. The van der Waals surface area contributed by atoms with Crippen LogP contribution in [0.15, 0.2) is 48.5 Å². The Morgan fingerprint density at radius 2 is 1.69 bits per heavy atom. The number of anilines is 7. The number of ether oxygens (including phenoxy) is 1. The Labute approximate surface area is 243 Å². The van der Waals surface area contributed by atoms with Gasteiger partial charge in [0, 0.05) is 48.0 Å². The quantitative estimate of drug-likeness (QED) is 0.163. The van der Waals surface area contributed by atoms with Gasteiger partial charge in [-0.2, -0.15) is 23.3 Å². The highest BCUT2D eigenvalue weighted by molar-refractivity contribution is 6.31. The predicted molar refractivity (Wildman–Crippen MR) is 155 cm³/mol. The number of amides is 2. The number of carbonyl (C=O) groups is 1. The van der Waals surface area contributed by atoms with Crippen LogP contribution in [0.3, 0.4) is 0 Å². The van der Waals surface area contributed by atoms with Crippen molar-refractivity contribution in [3.8, 4) is 0 Å². The normalized spacial score (nSPS) is 13.5. The zero-order valence-electron chi connectivity index (χ0n) is 22.6. The number of halogens is 4. The molecule has 5 rings (SSSR count). The number of rotatable bonds is 7. The standard InChI is InChI=1S/C27H27ClF3N9O2/c1-15-11-17(33-26(41)34-18-3-5-20(28)19(13-18)27(29,30)31)4-6-21(15)35-25-32-16(2)12-22(37-25)36-23-14-24(39-38-23)40-7-9-42-10-8-40/h3-6,11-14H,7-10H2,1-2H3,(H2,33,34,41)(H3,32,35,36,37,38,39). The molecule has 0 radical (unpaired) electrons. The number of benzene rings is 2. The van der Waals surface area contributed by atoms with Gasteiger partial charge in [0.05, 0.1) is 23.8 Å². The Hall–Kier alpha value is -4.56. The highest BCUT2D eigenvalue weighted by Crippen LogP contribution is 2.36. The minimum atomic E-state index is -4.64. The Morgan fingerprint density at radius 3 is 2.40 bits per heavy atom. The molecule has 2 aromatic carbocycles. The van der Waals surface area contributed by atoms with Crippen molar-refractivity contribution in [2.75, 3.05) is 52.5 Å².